The van der Waals surface area contributed by atoms with E-state index in [2.05, 4.69) is 5.11 Å². The Hall–Kier alpha value is -1.39. The van der Waals surface area contributed by atoms with Crippen molar-refractivity contribution in [1.29, 1.82) is 5.53 Å². The lowest BCUT2D eigenvalue weighted by Crippen LogP contribution is -2.05. The molecule has 0 saturated carbocycles. The molecule has 0 fully saturated rings. The van der Waals surface area contributed by atoms with E-state index in [9.17, 15) is 13.2 Å². The Kier molecular flexibility index (Phi) is 2.88. The maximum Gasteiger partial charge on any atom is 0.416 e. The number of halogens is 3. The first-order valence-electron chi connectivity index (χ1n) is 3.99. The predicted octanol–water partition coefficient (Wildman–Crippen LogP) is 3.80. The number of nitrogens with zero attached hydrogens (tertiary/aromatic N) is 1. The summed E-state index contributed by atoms with van der Waals surface area (Å²) in [6.07, 6.45) is -4.34. The summed E-state index contributed by atoms with van der Waals surface area (Å²) in [5, 5.41) is 3.16. The lowest BCUT2D eigenvalue weighted by atomic mass is 10.1. The van der Waals surface area contributed by atoms with Crippen molar-refractivity contribution in [1.82, 2.24) is 0 Å². The molecule has 0 spiro atoms. The van der Waals surface area contributed by atoms with E-state index in [1.165, 1.54) is 12.1 Å². The third-order valence-electron chi connectivity index (χ3n) is 1.89. The topological polar surface area (TPSA) is 36.2 Å². The second-order valence-corrected chi connectivity index (χ2v) is 2.93. The zero-order valence-electron chi connectivity index (χ0n) is 7.47. The lowest BCUT2D eigenvalue weighted by Gasteiger charge is -2.09. The summed E-state index contributed by atoms with van der Waals surface area (Å²) < 4.78 is 36.8. The van der Waals surface area contributed by atoms with Crippen LogP contribution in [0, 0.1) is 5.53 Å². The smallest absolute Gasteiger partial charge is 0.209 e. The molecule has 1 atom stereocenters. The highest BCUT2D eigenvalue weighted by Crippen LogP contribution is 2.31. The minimum Gasteiger partial charge on any atom is -0.209 e. The molecule has 0 heterocycles. The van der Waals surface area contributed by atoms with E-state index >= 15 is 0 Å². The number of rotatable bonds is 2. The van der Waals surface area contributed by atoms with Gasteiger partial charge < -0.3 is 0 Å². The molecule has 0 aliphatic heterocycles. The maximum atomic E-state index is 12.3. The predicted molar refractivity (Wildman–Crippen MR) is 45.0 cm³/mol. The molecule has 5 heteroatoms. The van der Waals surface area contributed by atoms with Crippen LogP contribution in [0.4, 0.5) is 13.2 Å². The van der Waals surface area contributed by atoms with Gasteiger partial charge in [-0.1, -0.05) is 12.1 Å². The Labute approximate surface area is 79.3 Å². The molecule has 1 rings (SSSR count). The molecule has 1 aromatic rings. The molecule has 1 unspecified atom stereocenters. The summed E-state index contributed by atoms with van der Waals surface area (Å²) >= 11 is 0. The second-order valence-electron chi connectivity index (χ2n) is 2.93. The third-order valence-corrected chi connectivity index (χ3v) is 1.89. The van der Waals surface area contributed by atoms with Crippen LogP contribution in [0.25, 0.3) is 0 Å². The van der Waals surface area contributed by atoms with Crippen molar-refractivity contribution in [3.8, 4) is 0 Å². The fraction of sp³-hybridized carbons (Fsp3) is 0.333. The van der Waals surface area contributed by atoms with Crippen LogP contribution in [-0.4, -0.2) is 0 Å². The van der Waals surface area contributed by atoms with Gasteiger partial charge in [0.1, 0.15) is 0 Å². The van der Waals surface area contributed by atoms with Gasteiger partial charge in [-0.15, -0.1) is 0 Å². The van der Waals surface area contributed by atoms with Crippen molar-refractivity contribution in [2.24, 2.45) is 5.11 Å². The van der Waals surface area contributed by atoms with Crippen LogP contribution in [0.5, 0.6) is 0 Å². The molecule has 0 saturated heterocycles. The summed E-state index contributed by atoms with van der Waals surface area (Å²) in [5.41, 5.74) is 6.41. The molecule has 0 aliphatic rings. The molecule has 0 aromatic heterocycles. The summed E-state index contributed by atoms with van der Waals surface area (Å²) in [4.78, 5) is 0. The maximum absolute atomic E-state index is 12.3. The van der Waals surface area contributed by atoms with E-state index in [0.29, 0.717) is 5.56 Å². The zero-order chi connectivity index (χ0) is 10.8. The van der Waals surface area contributed by atoms with E-state index in [1.807, 2.05) is 0 Å². The van der Waals surface area contributed by atoms with Crippen LogP contribution in [0.2, 0.25) is 0 Å². The van der Waals surface area contributed by atoms with E-state index in [4.69, 9.17) is 5.53 Å². The molecule has 1 aromatic carbocycles. The van der Waals surface area contributed by atoms with Crippen molar-refractivity contribution < 1.29 is 13.2 Å². The van der Waals surface area contributed by atoms with Gasteiger partial charge in [0.25, 0.3) is 0 Å². The van der Waals surface area contributed by atoms with Crippen LogP contribution < -0.4 is 0 Å². The monoisotopic (exact) mass is 202 g/mol. The molecule has 76 valence electrons. The Morgan fingerprint density at radius 1 is 1.36 bits per heavy atom. The standard InChI is InChI=1S/C9H9F3N2/c1-6(14-13)7-3-2-4-8(5-7)9(10,11)12/h2-6,13H,1H3. The Morgan fingerprint density at radius 2 is 2.00 bits per heavy atom. The number of hydrogen-bond donors (Lipinski definition) is 1. The highest BCUT2D eigenvalue weighted by molar-refractivity contribution is 5.27. The molecular weight excluding hydrogens is 193 g/mol. The first-order chi connectivity index (χ1) is 6.45. The molecule has 14 heavy (non-hydrogen) atoms. The lowest BCUT2D eigenvalue weighted by molar-refractivity contribution is -0.137. The van der Waals surface area contributed by atoms with E-state index in [1.54, 1.807) is 6.92 Å². The first kappa shape index (κ1) is 10.7. The third kappa shape index (κ3) is 2.31. The van der Waals surface area contributed by atoms with E-state index < -0.39 is 17.8 Å². The van der Waals surface area contributed by atoms with Gasteiger partial charge in [-0.2, -0.15) is 18.3 Å². The summed E-state index contributed by atoms with van der Waals surface area (Å²) in [6, 6.07) is 4.33. The second kappa shape index (κ2) is 3.77. The van der Waals surface area contributed by atoms with Crippen LogP contribution >= 0.6 is 0 Å². The molecule has 0 amide bonds. The average Bonchev–Trinajstić information content (AvgIpc) is 2.15. The van der Waals surface area contributed by atoms with Gasteiger partial charge in [-0.3, -0.25) is 0 Å². The fourth-order valence-corrected chi connectivity index (χ4v) is 1.05. The number of benzene rings is 1. The highest BCUT2D eigenvalue weighted by atomic mass is 19.4. The van der Waals surface area contributed by atoms with Crippen molar-refractivity contribution in [2.75, 3.05) is 0 Å². The summed E-state index contributed by atoms with van der Waals surface area (Å²) in [7, 11) is 0. The minimum absolute atomic E-state index is 0.398. The van der Waals surface area contributed by atoms with Gasteiger partial charge in [0.05, 0.1) is 11.6 Å². The first-order valence-corrected chi connectivity index (χ1v) is 3.99. The van der Waals surface area contributed by atoms with Crippen LogP contribution in [0.15, 0.2) is 29.4 Å². The van der Waals surface area contributed by atoms with Crippen LogP contribution in [0.1, 0.15) is 24.1 Å². The number of hydrogen-bond acceptors (Lipinski definition) is 2. The van der Waals surface area contributed by atoms with Gasteiger partial charge in [0, 0.05) is 0 Å². The normalized spacial score (nSPS) is 13.7. The SMILES string of the molecule is CC(N=N)c1cccc(C(F)(F)F)c1. The molecule has 0 bridgehead atoms. The van der Waals surface area contributed by atoms with Gasteiger partial charge in [0.15, 0.2) is 0 Å². The van der Waals surface area contributed by atoms with Gasteiger partial charge >= 0.3 is 6.18 Å². The molecule has 0 aliphatic carbocycles. The van der Waals surface area contributed by atoms with Crippen molar-refractivity contribution in [3.63, 3.8) is 0 Å². The Morgan fingerprint density at radius 3 is 2.50 bits per heavy atom. The van der Waals surface area contributed by atoms with Crippen LogP contribution in [0.3, 0.4) is 0 Å². The van der Waals surface area contributed by atoms with Gasteiger partial charge in [-0.25, -0.2) is 5.53 Å². The van der Waals surface area contributed by atoms with Gasteiger partial charge in [-0.05, 0) is 24.6 Å². The van der Waals surface area contributed by atoms with Gasteiger partial charge in [0.2, 0.25) is 0 Å². The molecule has 1 N–H and O–H groups in total. The highest BCUT2D eigenvalue weighted by Gasteiger charge is 2.30. The van der Waals surface area contributed by atoms with E-state index in [0.717, 1.165) is 12.1 Å². The molecule has 2 nitrogen and oxygen atoms in total. The average molecular weight is 202 g/mol. The van der Waals surface area contributed by atoms with Crippen molar-refractivity contribution in [2.45, 2.75) is 19.1 Å². The minimum atomic E-state index is -4.34. The summed E-state index contributed by atoms with van der Waals surface area (Å²) in [6.45, 7) is 1.57. The quantitative estimate of drug-likeness (QED) is 0.708. The van der Waals surface area contributed by atoms with Crippen molar-refractivity contribution in [3.05, 3.63) is 35.4 Å². The zero-order valence-corrected chi connectivity index (χ0v) is 7.47. The largest absolute Gasteiger partial charge is 0.416 e. The number of nitrogens with one attached hydrogen (secondary N) is 1. The Bertz CT molecular complexity index is 333. The number of alkyl halides is 3. The van der Waals surface area contributed by atoms with Crippen molar-refractivity contribution >= 4 is 0 Å². The fourth-order valence-electron chi connectivity index (χ4n) is 1.05. The Balaban J connectivity index is 3.07. The van der Waals surface area contributed by atoms with Crippen LogP contribution in [-0.2, 0) is 6.18 Å². The molecular formula is C9H9F3N2. The van der Waals surface area contributed by atoms with E-state index in [-0.39, 0.29) is 0 Å². The molecule has 0 radical (unpaired) electrons. The summed E-state index contributed by atoms with van der Waals surface area (Å²) in [5.74, 6) is 0.